The van der Waals surface area contributed by atoms with E-state index in [1.807, 2.05) is 0 Å². The second-order valence-corrected chi connectivity index (χ2v) is 5.70. The molecule has 150 valence electrons. The number of ether oxygens (including phenoxy) is 4. The van der Waals surface area contributed by atoms with Crippen molar-refractivity contribution in [1.29, 1.82) is 0 Å². The zero-order valence-corrected chi connectivity index (χ0v) is 15.9. The van der Waals surface area contributed by atoms with E-state index in [9.17, 15) is 14.0 Å². The number of carbonyl (C=O) groups excluding carboxylic acids is 2. The van der Waals surface area contributed by atoms with Crippen LogP contribution in [0.2, 0.25) is 0 Å². The molecule has 29 heavy (non-hydrogen) atoms. The molecule has 1 heterocycles. The maximum atomic E-state index is 14.4. The number of hydrogen-bond donors (Lipinski definition) is 0. The second kappa shape index (κ2) is 8.51. The largest absolute Gasteiger partial charge is 0.493 e. The number of halogens is 1. The molecule has 0 atom stereocenters. The van der Waals surface area contributed by atoms with E-state index in [1.165, 1.54) is 26.6 Å². The van der Waals surface area contributed by atoms with Crippen molar-refractivity contribution in [3.63, 3.8) is 0 Å². The Bertz CT molecular complexity index is 1090. The molecule has 8 nitrogen and oxygen atoms in total. The van der Waals surface area contributed by atoms with Crippen LogP contribution in [0, 0.1) is 5.82 Å². The number of benzene rings is 2. The van der Waals surface area contributed by atoms with Crippen molar-refractivity contribution < 1.29 is 32.9 Å². The first-order valence-corrected chi connectivity index (χ1v) is 8.54. The molecule has 0 aliphatic carbocycles. The third-order valence-corrected chi connectivity index (χ3v) is 3.96. The highest BCUT2D eigenvalue weighted by molar-refractivity contribution is 6.40. The summed E-state index contributed by atoms with van der Waals surface area (Å²) in [4.78, 5) is 31.7. The summed E-state index contributed by atoms with van der Waals surface area (Å²) in [6, 6.07) is 6.78. The van der Waals surface area contributed by atoms with Gasteiger partial charge >= 0.3 is 5.97 Å². The van der Waals surface area contributed by atoms with Crippen LogP contribution in [0.4, 0.5) is 4.39 Å². The number of esters is 1. The lowest BCUT2D eigenvalue weighted by Gasteiger charge is -2.12. The normalized spacial score (nSPS) is 10.5. The molecule has 0 amide bonds. The van der Waals surface area contributed by atoms with Crippen molar-refractivity contribution in [2.75, 3.05) is 20.8 Å². The van der Waals surface area contributed by atoms with E-state index in [2.05, 4.69) is 14.7 Å². The Balaban J connectivity index is 1.94. The summed E-state index contributed by atoms with van der Waals surface area (Å²) in [5, 5.41) is 0.511. The summed E-state index contributed by atoms with van der Waals surface area (Å²) >= 11 is 0. The summed E-state index contributed by atoms with van der Waals surface area (Å²) in [6.45, 7) is 1.57. The number of aromatic nitrogens is 2. The molecule has 0 saturated carbocycles. The average molecular weight is 400 g/mol. The lowest BCUT2D eigenvalue weighted by atomic mass is 10.1. The number of carbonyl (C=O) groups is 2. The first-order chi connectivity index (χ1) is 14.0. The van der Waals surface area contributed by atoms with Crippen LogP contribution >= 0.6 is 0 Å². The molecule has 0 N–H and O–H groups in total. The van der Waals surface area contributed by atoms with Gasteiger partial charge in [0, 0.05) is 12.1 Å². The number of hydrogen-bond acceptors (Lipinski definition) is 8. The number of Topliss-reactive ketones (excluding diaryl/α,β-unsaturated/α-hetero) is 1. The van der Waals surface area contributed by atoms with Crippen LogP contribution in [0.5, 0.6) is 23.1 Å². The first kappa shape index (κ1) is 20.0. The summed E-state index contributed by atoms with van der Waals surface area (Å²) in [5.74, 6) is -1.95. The van der Waals surface area contributed by atoms with Gasteiger partial charge in [0.1, 0.15) is 17.9 Å². The zero-order chi connectivity index (χ0) is 21.0. The van der Waals surface area contributed by atoms with Crippen molar-refractivity contribution >= 4 is 22.7 Å². The minimum absolute atomic E-state index is 0.0163. The fourth-order valence-electron chi connectivity index (χ4n) is 2.60. The monoisotopic (exact) mass is 400 g/mol. The second-order valence-electron chi connectivity index (χ2n) is 5.70. The smallest absolute Gasteiger partial charge is 0.379 e. The summed E-state index contributed by atoms with van der Waals surface area (Å²) in [5.41, 5.74) is 0.122. The van der Waals surface area contributed by atoms with Gasteiger partial charge in [-0.1, -0.05) is 0 Å². The Morgan fingerprint density at radius 3 is 2.41 bits per heavy atom. The van der Waals surface area contributed by atoms with E-state index in [-0.39, 0.29) is 18.2 Å². The van der Waals surface area contributed by atoms with E-state index < -0.39 is 23.1 Å². The van der Waals surface area contributed by atoms with E-state index in [1.54, 1.807) is 19.1 Å². The van der Waals surface area contributed by atoms with Gasteiger partial charge in [0.05, 0.1) is 37.3 Å². The van der Waals surface area contributed by atoms with Crippen molar-refractivity contribution in [3.05, 3.63) is 48.0 Å². The van der Waals surface area contributed by atoms with Crippen LogP contribution in [0.25, 0.3) is 10.9 Å². The number of rotatable bonds is 7. The molecule has 0 aliphatic rings. The van der Waals surface area contributed by atoms with Gasteiger partial charge in [0.2, 0.25) is 5.88 Å². The maximum Gasteiger partial charge on any atom is 0.379 e. The molecule has 0 unspecified atom stereocenters. The van der Waals surface area contributed by atoms with Gasteiger partial charge in [-0.25, -0.2) is 19.2 Å². The minimum Gasteiger partial charge on any atom is -0.493 e. The van der Waals surface area contributed by atoms with Crippen molar-refractivity contribution in [3.8, 4) is 23.1 Å². The zero-order valence-electron chi connectivity index (χ0n) is 15.9. The maximum absolute atomic E-state index is 14.4. The molecule has 3 aromatic rings. The topological polar surface area (TPSA) is 96.8 Å². The molecule has 0 saturated heterocycles. The molecular weight excluding hydrogens is 383 g/mol. The molecular formula is C20H17FN2O6. The van der Waals surface area contributed by atoms with Crippen LogP contribution in [0.3, 0.4) is 0 Å². The van der Waals surface area contributed by atoms with Crippen LogP contribution < -0.4 is 14.2 Å². The quantitative estimate of drug-likeness (QED) is 0.338. The molecule has 0 bridgehead atoms. The van der Waals surface area contributed by atoms with Crippen molar-refractivity contribution in [2.24, 2.45) is 0 Å². The highest BCUT2D eigenvalue weighted by atomic mass is 19.1. The van der Waals surface area contributed by atoms with Gasteiger partial charge in [0.25, 0.3) is 5.78 Å². The summed E-state index contributed by atoms with van der Waals surface area (Å²) < 4.78 is 35.2. The fraction of sp³-hybridized carbons (Fsp3) is 0.200. The molecule has 1 aromatic heterocycles. The van der Waals surface area contributed by atoms with Crippen LogP contribution in [-0.2, 0) is 9.53 Å². The summed E-state index contributed by atoms with van der Waals surface area (Å²) in [7, 11) is 2.99. The SMILES string of the molecule is CCOC(=O)C(=O)c1ccc(Oc2ncnc3cc(OC)c(OC)cc23)cc1F. The predicted octanol–water partition coefficient (Wildman–Crippen LogP) is 3.32. The molecule has 2 aromatic carbocycles. The molecule has 0 aliphatic heterocycles. The Morgan fingerprint density at radius 2 is 1.76 bits per heavy atom. The lowest BCUT2D eigenvalue weighted by Crippen LogP contribution is -2.18. The third kappa shape index (κ3) is 4.08. The number of fused-ring (bicyclic) bond motifs is 1. The fourth-order valence-corrected chi connectivity index (χ4v) is 2.60. The Morgan fingerprint density at radius 1 is 1.03 bits per heavy atom. The van der Waals surface area contributed by atoms with Crippen molar-refractivity contribution in [1.82, 2.24) is 9.97 Å². The molecule has 9 heteroatoms. The number of nitrogens with zero attached hydrogens (tertiary/aromatic N) is 2. The van der Waals surface area contributed by atoms with E-state index >= 15 is 0 Å². The predicted molar refractivity (Wildman–Crippen MR) is 100 cm³/mol. The summed E-state index contributed by atoms with van der Waals surface area (Å²) in [6.07, 6.45) is 1.29. The van der Waals surface area contributed by atoms with Crippen molar-refractivity contribution in [2.45, 2.75) is 6.92 Å². The molecule has 0 radical (unpaired) electrons. The molecule has 0 fully saturated rings. The van der Waals surface area contributed by atoms with Gasteiger partial charge in [0.15, 0.2) is 11.5 Å². The average Bonchev–Trinajstić information content (AvgIpc) is 2.72. The third-order valence-electron chi connectivity index (χ3n) is 3.96. The Labute approximate surface area is 165 Å². The highest BCUT2D eigenvalue weighted by Crippen LogP contribution is 2.35. The molecule has 0 spiro atoms. The highest BCUT2D eigenvalue weighted by Gasteiger charge is 2.22. The van der Waals surface area contributed by atoms with Crippen LogP contribution in [0.15, 0.2) is 36.7 Å². The number of methoxy groups -OCH3 is 2. The minimum atomic E-state index is -1.12. The Kier molecular flexibility index (Phi) is 5.87. The van der Waals surface area contributed by atoms with E-state index in [0.717, 1.165) is 12.1 Å². The van der Waals surface area contributed by atoms with Gasteiger partial charge < -0.3 is 18.9 Å². The van der Waals surface area contributed by atoms with Crippen LogP contribution in [0.1, 0.15) is 17.3 Å². The standard InChI is InChI=1S/C20H17FN2O6/c1-4-28-20(25)18(24)12-6-5-11(7-14(12)21)29-19-13-8-16(26-2)17(27-3)9-15(13)22-10-23-19/h5-10H,4H2,1-3H3. The van der Waals surface area contributed by atoms with Gasteiger partial charge in [-0.2, -0.15) is 0 Å². The van der Waals surface area contributed by atoms with Crippen LogP contribution in [-0.4, -0.2) is 42.5 Å². The van der Waals surface area contributed by atoms with E-state index in [0.29, 0.717) is 22.4 Å². The van der Waals surface area contributed by atoms with Gasteiger partial charge in [-0.3, -0.25) is 4.79 Å². The van der Waals surface area contributed by atoms with E-state index in [4.69, 9.17) is 14.2 Å². The lowest BCUT2D eigenvalue weighted by molar-refractivity contribution is -0.137. The van der Waals surface area contributed by atoms with Gasteiger partial charge in [-0.05, 0) is 25.1 Å². The van der Waals surface area contributed by atoms with Gasteiger partial charge in [-0.15, -0.1) is 0 Å². The number of ketones is 1. The first-order valence-electron chi connectivity index (χ1n) is 8.54. The Hall–Kier alpha value is -3.75. The molecule has 3 rings (SSSR count).